The van der Waals surface area contributed by atoms with E-state index in [1.807, 2.05) is 44.2 Å². The minimum absolute atomic E-state index is 0.0102. The normalized spacial score (nSPS) is 12.8. The van der Waals surface area contributed by atoms with Gasteiger partial charge in [0.15, 0.2) is 0 Å². The Kier molecular flexibility index (Phi) is 10.5. The van der Waals surface area contributed by atoms with E-state index in [0.717, 1.165) is 22.2 Å². The zero-order valence-electron chi connectivity index (χ0n) is 22.2. The third-order valence-corrected chi connectivity index (χ3v) is 7.72. The number of amides is 2. The third-order valence-electron chi connectivity index (χ3n) is 6.34. The molecule has 208 valence electrons. The van der Waals surface area contributed by atoms with E-state index in [4.69, 9.17) is 11.6 Å². The van der Waals surface area contributed by atoms with Gasteiger partial charge in [0, 0.05) is 24.0 Å². The molecule has 3 aromatic carbocycles. The van der Waals surface area contributed by atoms with Gasteiger partial charge in [0.2, 0.25) is 21.8 Å². The Morgan fingerprint density at radius 3 is 2.15 bits per heavy atom. The topological polar surface area (TPSA) is 86.8 Å². The van der Waals surface area contributed by atoms with Crippen molar-refractivity contribution in [1.82, 2.24) is 10.2 Å². The summed E-state index contributed by atoms with van der Waals surface area (Å²) in [6.07, 6.45) is 1.79. The Morgan fingerprint density at radius 2 is 1.56 bits per heavy atom. The van der Waals surface area contributed by atoms with E-state index in [1.165, 1.54) is 23.1 Å². The standard InChI is InChI=1S/C29H33ClFN3O4S/c1-4-21(2)32-29(36)27(18-22-10-6-5-7-11-22)33(19-23-14-16-24(30)17-15-23)28(35)20-34(39(3,37)38)26-13-9-8-12-25(26)31/h5-17,21,27H,4,18-20H2,1-3H3,(H,32,36)/t21-,27-/m1/s1. The molecule has 10 heteroatoms. The molecule has 0 fully saturated rings. The number of para-hydroxylation sites is 1. The number of halogens is 2. The first-order valence-electron chi connectivity index (χ1n) is 12.6. The number of nitrogens with zero attached hydrogens (tertiary/aromatic N) is 2. The van der Waals surface area contributed by atoms with E-state index in [1.54, 1.807) is 24.3 Å². The molecule has 0 heterocycles. The monoisotopic (exact) mass is 573 g/mol. The summed E-state index contributed by atoms with van der Waals surface area (Å²) >= 11 is 6.05. The maximum absolute atomic E-state index is 14.7. The molecule has 0 aromatic heterocycles. The van der Waals surface area contributed by atoms with Gasteiger partial charge in [0.05, 0.1) is 11.9 Å². The average molecular weight is 574 g/mol. The molecule has 7 nitrogen and oxygen atoms in total. The first-order valence-corrected chi connectivity index (χ1v) is 14.8. The van der Waals surface area contributed by atoms with Crippen LogP contribution in [0, 0.1) is 5.82 Å². The molecule has 0 unspecified atom stereocenters. The van der Waals surface area contributed by atoms with Crippen LogP contribution in [0.5, 0.6) is 0 Å². The van der Waals surface area contributed by atoms with Crippen LogP contribution in [0.2, 0.25) is 5.02 Å². The maximum atomic E-state index is 14.7. The van der Waals surface area contributed by atoms with Gasteiger partial charge < -0.3 is 10.2 Å². The van der Waals surface area contributed by atoms with Gasteiger partial charge in [-0.2, -0.15) is 0 Å². The van der Waals surface area contributed by atoms with Crippen LogP contribution in [0.4, 0.5) is 10.1 Å². The molecular formula is C29H33ClFN3O4S. The van der Waals surface area contributed by atoms with Gasteiger partial charge in [-0.25, -0.2) is 12.8 Å². The summed E-state index contributed by atoms with van der Waals surface area (Å²) in [6.45, 7) is 3.13. The van der Waals surface area contributed by atoms with Crippen molar-refractivity contribution in [1.29, 1.82) is 0 Å². The highest BCUT2D eigenvalue weighted by Gasteiger charge is 2.34. The van der Waals surface area contributed by atoms with Gasteiger partial charge in [-0.1, -0.05) is 73.1 Å². The number of nitrogens with one attached hydrogen (secondary N) is 1. The van der Waals surface area contributed by atoms with Crippen LogP contribution in [-0.4, -0.2) is 50.0 Å². The van der Waals surface area contributed by atoms with E-state index in [9.17, 15) is 22.4 Å². The molecule has 0 saturated carbocycles. The van der Waals surface area contributed by atoms with E-state index < -0.39 is 34.3 Å². The number of hydrogen-bond donors (Lipinski definition) is 1. The number of carbonyl (C=O) groups is 2. The largest absolute Gasteiger partial charge is 0.352 e. The van der Waals surface area contributed by atoms with Gasteiger partial charge in [-0.05, 0) is 48.7 Å². The van der Waals surface area contributed by atoms with Gasteiger partial charge in [0.25, 0.3) is 0 Å². The van der Waals surface area contributed by atoms with Crippen molar-refractivity contribution < 1.29 is 22.4 Å². The summed E-state index contributed by atoms with van der Waals surface area (Å²) in [5, 5.41) is 3.47. The van der Waals surface area contributed by atoms with Crippen molar-refractivity contribution in [2.24, 2.45) is 0 Å². The van der Waals surface area contributed by atoms with Crippen LogP contribution in [-0.2, 0) is 32.6 Å². The number of anilines is 1. The van der Waals surface area contributed by atoms with Crippen LogP contribution in [0.15, 0.2) is 78.9 Å². The summed E-state index contributed by atoms with van der Waals surface area (Å²) in [4.78, 5) is 28.9. The van der Waals surface area contributed by atoms with Crippen molar-refractivity contribution in [2.45, 2.75) is 45.3 Å². The molecule has 0 aliphatic carbocycles. The Balaban J connectivity index is 2.06. The quantitative estimate of drug-likeness (QED) is 0.337. The number of sulfonamides is 1. The van der Waals surface area contributed by atoms with Gasteiger partial charge >= 0.3 is 0 Å². The lowest BCUT2D eigenvalue weighted by Crippen LogP contribution is -2.54. The van der Waals surface area contributed by atoms with Crippen LogP contribution in [0.3, 0.4) is 0 Å². The Bertz CT molecular complexity index is 1370. The average Bonchev–Trinajstić information content (AvgIpc) is 2.90. The molecule has 0 spiro atoms. The third kappa shape index (κ3) is 8.53. The van der Waals surface area contributed by atoms with Gasteiger partial charge in [-0.15, -0.1) is 0 Å². The number of benzene rings is 3. The maximum Gasteiger partial charge on any atom is 0.244 e. The molecular weight excluding hydrogens is 541 g/mol. The molecule has 0 aliphatic heterocycles. The zero-order valence-corrected chi connectivity index (χ0v) is 23.8. The summed E-state index contributed by atoms with van der Waals surface area (Å²) in [5.74, 6) is -1.80. The van der Waals surface area contributed by atoms with Crippen LogP contribution < -0.4 is 9.62 Å². The molecule has 2 atom stereocenters. The second-order valence-electron chi connectivity index (χ2n) is 9.39. The first-order chi connectivity index (χ1) is 18.5. The minimum Gasteiger partial charge on any atom is -0.352 e. The highest BCUT2D eigenvalue weighted by Crippen LogP contribution is 2.23. The summed E-state index contributed by atoms with van der Waals surface area (Å²) in [5.41, 5.74) is 1.27. The second kappa shape index (κ2) is 13.6. The van der Waals surface area contributed by atoms with Crippen molar-refractivity contribution in [3.05, 3.63) is 101 Å². The molecule has 3 aromatic rings. The predicted molar refractivity (Wildman–Crippen MR) is 152 cm³/mol. The van der Waals surface area contributed by atoms with Crippen LogP contribution >= 0.6 is 11.6 Å². The minimum atomic E-state index is -4.05. The fourth-order valence-electron chi connectivity index (χ4n) is 4.03. The molecule has 3 rings (SSSR count). The van der Waals surface area contributed by atoms with Crippen LogP contribution in [0.25, 0.3) is 0 Å². The van der Waals surface area contributed by atoms with Crippen molar-refractivity contribution in [2.75, 3.05) is 17.1 Å². The molecule has 2 amide bonds. The zero-order chi connectivity index (χ0) is 28.6. The first kappa shape index (κ1) is 30.1. The van der Waals surface area contributed by atoms with Crippen molar-refractivity contribution in [3.63, 3.8) is 0 Å². The lowest BCUT2D eigenvalue weighted by molar-refractivity contribution is -0.140. The van der Waals surface area contributed by atoms with Gasteiger partial charge in [-0.3, -0.25) is 13.9 Å². The number of carbonyl (C=O) groups excluding carboxylic acids is 2. The molecule has 0 radical (unpaired) electrons. The Morgan fingerprint density at radius 1 is 0.949 bits per heavy atom. The molecule has 0 aliphatic rings. The molecule has 0 bridgehead atoms. The van der Waals surface area contributed by atoms with Crippen molar-refractivity contribution in [3.8, 4) is 0 Å². The predicted octanol–water partition coefficient (Wildman–Crippen LogP) is 4.80. The summed E-state index contributed by atoms with van der Waals surface area (Å²) in [7, 11) is -4.05. The van der Waals surface area contributed by atoms with Crippen molar-refractivity contribution >= 4 is 39.1 Å². The number of hydrogen-bond acceptors (Lipinski definition) is 4. The Hall–Kier alpha value is -3.43. The van der Waals surface area contributed by atoms with E-state index in [0.29, 0.717) is 17.0 Å². The van der Waals surface area contributed by atoms with Gasteiger partial charge in [0.1, 0.15) is 18.4 Å². The second-order valence-corrected chi connectivity index (χ2v) is 11.7. The molecule has 0 saturated heterocycles. The van der Waals surface area contributed by atoms with E-state index >= 15 is 0 Å². The SMILES string of the molecule is CC[C@@H](C)NC(=O)[C@@H](Cc1ccccc1)N(Cc1ccc(Cl)cc1)C(=O)CN(c1ccccc1F)S(C)(=O)=O. The lowest BCUT2D eigenvalue weighted by Gasteiger charge is -2.34. The number of rotatable bonds is 12. The highest BCUT2D eigenvalue weighted by atomic mass is 35.5. The fourth-order valence-corrected chi connectivity index (χ4v) is 5.01. The smallest absolute Gasteiger partial charge is 0.244 e. The summed E-state index contributed by atoms with van der Waals surface area (Å²) in [6, 6.07) is 20.3. The van der Waals surface area contributed by atoms with Crippen LogP contribution in [0.1, 0.15) is 31.4 Å². The van der Waals surface area contributed by atoms with E-state index in [2.05, 4.69) is 5.32 Å². The fraction of sp³-hybridized carbons (Fsp3) is 0.310. The molecule has 1 N–H and O–H groups in total. The molecule has 39 heavy (non-hydrogen) atoms. The Labute approximate surface area is 234 Å². The lowest BCUT2D eigenvalue weighted by atomic mass is 10.0. The highest BCUT2D eigenvalue weighted by molar-refractivity contribution is 7.92. The summed E-state index contributed by atoms with van der Waals surface area (Å²) < 4.78 is 40.8. The van der Waals surface area contributed by atoms with E-state index in [-0.39, 0.29) is 30.6 Å².